The molecule has 0 amide bonds. The summed E-state index contributed by atoms with van der Waals surface area (Å²) in [6, 6.07) is 4.93. The molecule has 1 nitrogen and oxygen atoms in total. The van der Waals surface area contributed by atoms with Crippen molar-refractivity contribution < 1.29 is 9.18 Å². The number of hydrogen-bond acceptors (Lipinski definition) is 1. The Morgan fingerprint density at radius 3 is 2.87 bits per heavy atom. The van der Waals surface area contributed by atoms with Crippen molar-refractivity contribution in [1.29, 1.82) is 0 Å². The minimum Gasteiger partial charge on any atom is -0.299 e. The van der Waals surface area contributed by atoms with Crippen molar-refractivity contribution in [2.75, 3.05) is 0 Å². The van der Waals surface area contributed by atoms with Gasteiger partial charge in [0.1, 0.15) is 11.6 Å². The smallest absolute Gasteiger partial charge is 0.143 e. The van der Waals surface area contributed by atoms with Gasteiger partial charge >= 0.3 is 0 Å². The zero-order chi connectivity index (χ0) is 10.8. The summed E-state index contributed by atoms with van der Waals surface area (Å²) in [5.41, 5.74) is 1.98. The van der Waals surface area contributed by atoms with Gasteiger partial charge in [-0.1, -0.05) is 19.9 Å². The molecule has 0 aliphatic heterocycles. The molecule has 0 heterocycles. The number of benzene rings is 1. The fraction of sp³-hybridized carbons (Fsp3) is 0.462. The minimum absolute atomic E-state index is 0.122. The largest absolute Gasteiger partial charge is 0.299 e. The predicted molar refractivity (Wildman–Crippen MR) is 55.1 cm³/mol. The van der Waals surface area contributed by atoms with E-state index in [9.17, 15) is 9.18 Å². The Hall–Kier alpha value is -1.18. The van der Waals surface area contributed by atoms with E-state index in [1.165, 1.54) is 11.6 Å². The van der Waals surface area contributed by atoms with Crippen LogP contribution in [0.4, 0.5) is 4.39 Å². The van der Waals surface area contributed by atoms with Crippen LogP contribution < -0.4 is 0 Å². The summed E-state index contributed by atoms with van der Waals surface area (Å²) in [4.78, 5) is 11.8. The second-order valence-electron chi connectivity index (χ2n) is 5.22. The highest BCUT2D eigenvalue weighted by atomic mass is 19.1. The molecule has 78 valence electrons. The summed E-state index contributed by atoms with van der Waals surface area (Å²) in [6.07, 6.45) is 0.736. The molecule has 0 N–H and O–H groups in total. The van der Waals surface area contributed by atoms with Crippen LogP contribution in [0, 0.1) is 17.2 Å². The maximum Gasteiger partial charge on any atom is 0.143 e. The van der Waals surface area contributed by atoms with E-state index < -0.39 is 0 Å². The molecule has 2 aliphatic rings. The first kappa shape index (κ1) is 9.08. The van der Waals surface area contributed by atoms with E-state index in [0.29, 0.717) is 11.7 Å². The third-order valence-corrected chi connectivity index (χ3v) is 4.03. The van der Waals surface area contributed by atoms with E-state index >= 15 is 0 Å². The Kier molecular flexibility index (Phi) is 1.51. The highest BCUT2D eigenvalue weighted by molar-refractivity contribution is 5.96. The molecule has 2 heteroatoms. The Morgan fingerprint density at radius 2 is 2.13 bits per heavy atom. The summed E-state index contributed by atoms with van der Waals surface area (Å²) in [7, 11) is 0. The van der Waals surface area contributed by atoms with Crippen molar-refractivity contribution in [3.8, 4) is 0 Å². The molecular formula is C13H13FO. The molecule has 0 bridgehead atoms. The average Bonchev–Trinajstić information content (AvgIpc) is 2.53. The van der Waals surface area contributed by atoms with Crippen LogP contribution in [0.1, 0.15) is 30.9 Å². The first-order valence-corrected chi connectivity index (χ1v) is 5.34. The number of ketones is 1. The average molecular weight is 204 g/mol. The third kappa shape index (κ3) is 0.947. The SMILES string of the molecule is CC1(C)C(=O)C2Cc3cc(F)ccc3C21. The zero-order valence-corrected chi connectivity index (χ0v) is 8.88. The fourth-order valence-corrected chi connectivity index (χ4v) is 3.30. The van der Waals surface area contributed by atoms with E-state index in [1.54, 1.807) is 6.07 Å². The monoisotopic (exact) mass is 204 g/mol. The standard InChI is InChI=1S/C13H13FO/c1-13(2)11-9-4-3-8(14)5-7(9)6-10(11)12(13)15/h3-5,10-11H,6H2,1-2H3. The fourth-order valence-electron chi connectivity index (χ4n) is 3.30. The van der Waals surface area contributed by atoms with Crippen LogP contribution in [0.15, 0.2) is 18.2 Å². The molecular weight excluding hydrogens is 191 g/mol. The number of rotatable bonds is 0. The van der Waals surface area contributed by atoms with E-state index in [1.807, 2.05) is 19.9 Å². The molecule has 15 heavy (non-hydrogen) atoms. The number of hydrogen-bond donors (Lipinski definition) is 0. The van der Waals surface area contributed by atoms with Gasteiger partial charge in [-0.15, -0.1) is 0 Å². The second kappa shape index (κ2) is 2.49. The van der Waals surface area contributed by atoms with Crippen LogP contribution in [0.5, 0.6) is 0 Å². The van der Waals surface area contributed by atoms with Crippen LogP contribution in [0.25, 0.3) is 0 Å². The lowest BCUT2D eigenvalue weighted by Crippen LogP contribution is -2.50. The van der Waals surface area contributed by atoms with Crippen molar-refractivity contribution >= 4 is 5.78 Å². The quantitative estimate of drug-likeness (QED) is 0.635. The molecule has 2 atom stereocenters. The predicted octanol–water partition coefficient (Wildman–Crippen LogP) is 2.69. The van der Waals surface area contributed by atoms with Crippen molar-refractivity contribution in [1.82, 2.24) is 0 Å². The first-order valence-electron chi connectivity index (χ1n) is 5.34. The Labute approximate surface area is 88.3 Å². The van der Waals surface area contributed by atoms with Crippen molar-refractivity contribution in [2.24, 2.45) is 11.3 Å². The van der Waals surface area contributed by atoms with Gasteiger partial charge in [-0.05, 0) is 29.7 Å². The van der Waals surface area contributed by atoms with Crippen LogP contribution >= 0.6 is 0 Å². The Bertz CT molecular complexity index is 462. The molecule has 0 aromatic heterocycles. The molecule has 2 unspecified atom stereocenters. The summed E-state index contributed by atoms with van der Waals surface area (Å²) >= 11 is 0. The number of carbonyl (C=O) groups excluding carboxylic acids is 1. The van der Waals surface area contributed by atoms with Gasteiger partial charge in [-0.3, -0.25) is 4.79 Å². The molecule has 1 aromatic rings. The van der Waals surface area contributed by atoms with Gasteiger partial charge in [0.25, 0.3) is 0 Å². The number of carbonyl (C=O) groups is 1. The van der Waals surface area contributed by atoms with Crippen molar-refractivity contribution in [3.05, 3.63) is 35.1 Å². The second-order valence-corrected chi connectivity index (χ2v) is 5.22. The first-order chi connectivity index (χ1) is 7.01. The van der Waals surface area contributed by atoms with Gasteiger partial charge < -0.3 is 0 Å². The third-order valence-electron chi connectivity index (χ3n) is 4.03. The number of fused-ring (bicyclic) bond motifs is 3. The number of halogens is 1. The molecule has 1 fully saturated rings. The highest BCUT2D eigenvalue weighted by Crippen LogP contribution is 2.59. The molecule has 1 aromatic carbocycles. The van der Waals surface area contributed by atoms with Gasteiger partial charge in [0, 0.05) is 17.3 Å². The Balaban J connectivity index is 2.11. The van der Waals surface area contributed by atoms with Crippen LogP contribution in [-0.4, -0.2) is 5.78 Å². The molecule has 3 rings (SSSR count). The topological polar surface area (TPSA) is 17.1 Å². The lowest BCUT2D eigenvalue weighted by molar-refractivity contribution is -0.145. The molecule has 0 saturated heterocycles. The van der Waals surface area contributed by atoms with Gasteiger partial charge in [0.2, 0.25) is 0 Å². The highest BCUT2D eigenvalue weighted by Gasteiger charge is 2.59. The maximum absolute atomic E-state index is 13.0. The van der Waals surface area contributed by atoms with Crippen LogP contribution in [0.2, 0.25) is 0 Å². The molecule has 0 spiro atoms. The summed E-state index contributed by atoms with van der Waals surface area (Å²) in [5, 5.41) is 0. The number of Topliss-reactive ketones (excluding diaryl/α,β-unsaturated/α-hetero) is 1. The summed E-state index contributed by atoms with van der Waals surface area (Å²) < 4.78 is 13.0. The maximum atomic E-state index is 13.0. The summed E-state index contributed by atoms with van der Waals surface area (Å²) in [6.45, 7) is 3.99. The zero-order valence-electron chi connectivity index (χ0n) is 8.88. The lowest BCUT2D eigenvalue weighted by atomic mass is 9.55. The van der Waals surface area contributed by atoms with Crippen molar-refractivity contribution in [2.45, 2.75) is 26.2 Å². The van der Waals surface area contributed by atoms with Gasteiger partial charge in [-0.25, -0.2) is 4.39 Å². The normalized spacial score (nSPS) is 30.7. The Morgan fingerprint density at radius 1 is 1.40 bits per heavy atom. The van der Waals surface area contributed by atoms with Gasteiger partial charge in [0.05, 0.1) is 0 Å². The van der Waals surface area contributed by atoms with E-state index in [4.69, 9.17) is 0 Å². The molecule has 0 radical (unpaired) electrons. The lowest BCUT2D eigenvalue weighted by Gasteiger charge is -2.46. The van der Waals surface area contributed by atoms with E-state index in [2.05, 4.69) is 0 Å². The van der Waals surface area contributed by atoms with Crippen LogP contribution in [-0.2, 0) is 11.2 Å². The van der Waals surface area contributed by atoms with E-state index in [0.717, 1.165) is 12.0 Å². The van der Waals surface area contributed by atoms with Gasteiger partial charge in [-0.2, -0.15) is 0 Å². The van der Waals surface area contributed by atoms with Gasteiger partial charge in [0.15, 0.2) is 0 Å². The summed E-state index contributed by atoms with van der Waals surface area (Å²) in [5.74, 6) is 0.585. The molecule has 2 aliphatic carbocycles. The van der Waals surface area contributed by atoms with Crippen molar-refractivity contribution in [3.63, 3.8) is 0 Å². The minimum atomic E-state index is -0.242. The molecule has 1 saturated carbocycles. The van der Waals surface area contributed by atoms with E-state index in [-0.39, 0.29) is 17.2 Å². The van der Waals surface area contributed by atoms with Crippen LogP contribution in [0.3, 0.4) is 0 Å².